The highest BCUT2D eigenvalue weighted by Crippen LogP contribution is 2.08. The van der Waals surface area contributed by atoms with Gasteiger partial charge in [-0.25, -0.2) is 0 Å². The molecule has 0 aliphatic rings. The molecule has 4 heteroatoms. The summed E-state index contributed by atoms with van der Waals surface area (Å²) in [6.07, 6.45) is 0.882. The Hall–Kier alpha value is -2.12. The molecule has 4 nitrogen and oxygen atoms in total. The molecule has 0 saturated heterocycles. The highest BCUT2D eigenvalue weighted by molar-refractivity contribution is 6.00. The predicted molar refractivity (Wildman–Crippen MR) is 70.0 cm³/mol. The first kappa shape index (κ1) is 13.9. The van der Waals surface area contributed by atoms with Gasteiger partial charge in [-0.05, 0) is 25.7 Å². The summed E-state index contributed by atoms with van der Waals surface area (Å²) in [7, 11) is 3.89. The highest BCUT2D eigenvalue weighted by Gasteiger charge is 2.08. The van der Waals surface area contributed by atoms with Crippen molar-refractivity contribution in [3.63, 3.8) is 0 Å². The van der Waals surface area contributed by atoms with E-state index in [0.29, 0.717) is 24.9 Å². The predicted octanol–water partition coefficient (Wildman–Crippen LogP) is 0.680. The molecule has 2 amide bonds. The Labute approximate surface area is 107 Å². The van der Waals surface area contributed by atoms with Crippen molar-refractivity contribution in [2.24, 2.45) is 0 Å². The number of nitrogens with one attached hydrogen (secondary N) is 1. The third-order valence-corrected chi connectivity index (χ3v) is 2.25. The third-order valence-electron chi connectivity index (χ3n) is 2.25. The highest BCUT2D eigenvalue weighted by atomic mass is 16.2. The van der Waals surface area contributed by atoms with Gasteiger partial charge in [0.2, 0.25) is 6.41 Å². The van der Waals surface area contributed by atoms with Crippen LogP contribution in [-0.4, -0.2) is 37.9 Å². The van der Waals surface area contributed by atoms with Gasteiger partial charge in [-0.15, -0.1) is 0 Å². The van der Waals surface area contributed by atoms with Gasteiger partial charge in [-0.1, -0.05) is 30.0 Å². The maximum atomic E-state index is 11.6. The van der Waals surface area contributed by atoms with Crippen molar-refractivity contribution < 1.29 is 9.59 Å². The van der Waals surface area contributed by atoms with E-state index in [1.807, 2.05) is 31.1 Å². The molecular weight excluding hydrogens is 228 g/mol. The molecule has 0 fully saturated rings. The monoisotopic (exact) mass is 244 g/mol. The normalized spacial score (nSPS) is 9.50. The molecule has 0 spiro atoms. The van der Waals surface area contributed by atoms with Crippen molar-refractivity contribution in [3.8, 4) is 11.8 Å². The number of nitrogens with zero attached hydrogens (tertiary/aromatic N) is 1. The van der Waals surface area contributed by atoms with E-state index in [2.05, 4.69) is 17.2 Å². The molecule has 0 aliphatic carbocycles. The zero-order valence-electron chi connectivity index (χ0n) is 10.6. The number of rotatable bonds is 4. The smallest absolute Gasteiger partial charge is 0.257 e. The van der Waals surface area contributed by atoms with Crippen LogP contribution in [0.3, 0.4) is 0 Å². The van der Waals surface area contributed by atoms with E-state index in [1.165, 1.54) is 0 Å². The molecule has 0 aliphatic heterocycles. The minimum atomic E-state index is -0.394. The topological polar surface area (TPSA) is 49.4 Å². The minimum Gasteiger partial charge on any atom is -0.299 e. The molecule has 0 radical (unpaired) electrons. The fraction of sp³-hybridized carbons (Fsp3) is 0.286. The van der Waals surface area contributed by atoms with Crippen molar-refractivity contribution in [3.05, 3.63) is 35.4 Å². The summed E-state index contributed by atoms with van der Waals surface area (Å²) < 4.78 is 0. The molecule has 0 heterocycles. The van der Waals surface area contributed by atoms with E-state index < -0.39 is 5.91 Å². The number of carbonyl (C=O) groups excluding carboxylic acids is 2. The van der Waals surface area contributed by atoms with Crippen LogP contribution in [0.25, 0.3) is 0 Å². The SMILES string of the molecule is CN(C)CC#CCc1ccccc1C(=O)NC=O. The van der Waals surface area contributed by atoms with Gasteiger partial charge in [-0.3, -0.25) is 19.8 Å². The number of amides is 2. The molecule has 0 saturated carbocycles. The average Bonchev–Trinajstić information content (AvgIpc) is 2.35. The summed E-state index contributed by atoms with van der Waals surface area (Å²) in [5.41, 5.74) is 1.31. The van der Waals surface area contributed by atoms with E-state index in [0.717, 1.165) is 5.56 Å². The van der Waals surface area contributed by atoms with Gasteiger partial charge in [0.15, 0.2) is 0 Å². The van der Waals surface area contributed by atoms with E-state index >= 15 is 0 Å². The van der Waals surface area contributed by atoms with Crippen LogP contribution in [0.4, 0.5) is 0 Å². The summed E-state index contributed by atoms with van der Waals surface area (Å²) in [4.78, 5) is 23.8. The van der Waals surface area contributed by atoms with Gasteiger partial charge in [0, 0.05) is 12.0 Å². The first-order valence-electron chi connectivity index (χ1n) is 5.58. The van der Waals surface area contributed by atoms with Crippen LogP contribution in [0.1, 0.15) is 15.9 Å². The van der Waals surface area contributed by atoms with Gasteiger partial charge in [0.25, 0.3) is 5.91 Å². The van der Waals surface area contributed by atoms with Crippen LogP contribution in [-0.2, 0) is 11.2 Å². The first-order chi connectivity index (χ1) is 8.65. The van der Waals surface area contributed by atoms with Crippen molar-refractivity contribution >= 4 is 12.3 Å². The Morgan fingerprint density at radius 2 is 2.06 bits per heavy atom. The quantitative estimate of drug-likeness (QED) is 0.626. The van der Waals surface area contributed by atoms with Crippen LogP contribution in [0.15, 0.2) is 24.3 Å². The lowest BCUT2D eigenvalue weighted by Crippen LogP contribution is -2.22. The number of hydrogen-bond donors (Lipinski definition) is 1. The van der Waals surface area contributed by atoms with Crippen LogP contribution in [0.2, 0.25) is 0 Å². The maximum Gasteiger partial charge on any atom is 0.257 e. The van der Waals surface area contributed by atoms with Gasteiger partial charge >= 0.3 is 0 Å². The lowest BCUT2D eigenvalue weighted by molar-refractivity contribution is -0.108. The van der Waals surface area contributed by atoms with Crippen LogP contribution < -0.4 is 5.32 Å². The maximum absolute atomic E-state index is 11.6. The fourth-order valence-corrected chi connectivity index (χ4v) is 1.40. The number of carbonyl (C=O) groups is 2. The second-order valence-electron chi connectivity index (χ2n) is 4.02. The molecule has 94 valence electrons. The molecule has 0 unspecified atom stereocenters. The van der Waals surface area contributed by atoms with E-state index in [1.54, 1.807) is 12.1 Å². The van der Waals surface area contributed by atoms with Crippen LogP contribution in [0, 0.1) is 11.8 Å². The molecule has 0 bridgehead atoms. The summed E-state index contributed by atoms with van der Waals surface area (Å²) in [6.45, 7) is 0.683. The Bertz CT molecular complexity index is 484. The van der Waals surface area contributed by atoms with E-state index in [9.17, 15) is 9.59 Å². The van der Waals surface area contributed by atoms with Crippen LogP contribution in [0.5, 0.6) is 0 Å². The Morgan fingerprint density at radius 1 is 1.33 bits per heavy atom. The zero-order valence-corrected chi connectivity index (χ0v) is 10.6. The standard InChI is InChI=1S/C14H16N2O2/c1-16(2)10-6-5-8-12-7-3-4-9-13(12)14(18)15-11-17/h3-4,7,9,11H,8,10H2,1-2H3,(H,15,17,18). The molecular formula is C14H16N2O2. The van der Waals surface area contributed by atoms with Gasteiger partial charge in [0.1, 0.15) is 0 Å². The summed E-state index contributed by atoms with van der Waals surface area (Å²) in [5.74, 6) is 5.62. The molecule has 1 aromatic rings. The molecule has 1 rings (SSSR count). The minimum absolute atomic E-state index is 0.386. The Balaban J connectivity index is 2.78. The molecule has 1 N–H and O–H groups in total. The van der Waals surface area contributed by atoms with Crippen LogP contribution >= 0.6 is 0 Å². The lowest BCUT2D eigenvalue weighted by Gasteiger charge is -2.04. The van der Waals surface area contributed by atoms with Gasteiger partial charge in [0.05, 0.1) is 6.54 Å². The summed E-state index contributed by atoms with van der Waals surface area (Å²) >= 11 is 0. The second-order valence-corrected chi connectivity index (χ2v) is 4.02. The number of benzene rings is 1. The van der Waals surface area contributed by atoms with Crippen molar-refractivity contribution in [2.75, 3.05) is 20.6 Å². The first-order valence-corrected chi connectivity index (χ1v) is 5.58. The number of hydrogen-bond acceptors (Lipinski definition) is 3. The molecule has 18 heavy (non-hydrogen) atoms. The van der Waals surface area contributed by atoms with Crippen molar-refractivity contribution in [1.29, 1.82) is 0 Å². The summed E-state index contributed by atoms with van der Waals surface area (Å²) in [6, 6.07) is 7.13. The van der Waals surface area contributed by atoms with Crippen molar-refractivity contribution in [1.82, 2.24) is 10.2 Å². The summed E-state index contributed by atoms with van der Waals surface area (Å²) in [5, 5.41) is 2.13. The third kappa shape index (κ3) is 4.40. The Morgan fingerprint density at radius 3 is 2.72 bits per heavy atom. The Kier molecular flexibility index (Phi) is 5.62. The number of imide groups is 1. The fourth-order valence-electron chi connectivity index (χ4n) is 1.40. The lowest BCUT2D eigenvalue weighted by atomic mass is 10.0. The van der Waals surface area contributed by atoms with Gasteiger partial charge < -0.3 is 0 Å². The molecule has 0 atom stereocenters. The largest absolute Gasteiger partial charge is 0.299 e. The van der Waals surface area contributed by atoms with E-state index in [4.69, 9.17) is 0 Å². The second kappa shape index (κ2) is 7.25. The van der Waals surface area contributed by atoms with Gasteiger partial charge in [-0.2, -0.15) is 0 Å². The average molecular weight is 244 g/mol. The van der Waals surface area contributed by atoms with E-state index in [-0.39, 0.29) is 0 Å². The molecule has 0 aromatic heterocycles. The van der Waals surface area contributed by atoms with Crippen molar-refractivity contribution in [2.45, 2.75) is 6.42 Å². The molecule has 1 aromatic carbocycles. The zero-order chi connectivity index (χ0) is 13.4.